The fourth-order valence-corrected chi connectivity index (χ4v) is 1.99. The lowest BCUT2D eigenvalue weighted by atomic mass is 9.96. The molecule has 1 saturated heterocycles. The van der Waals surface area contributed by atoms with Crippen LogP contribution in [0.15, 0.2) is 11.1 Å². The first-order valence-corrected chi connectivity index (χ1v) is 6.16. The van der Waals surface area contributed by atoms with Gasteiger partial charge in [0.1, 0.15) is 6.04 Å². The van der Waals surface area contributed by atoms with Crippen LogP contribution < -0.4 is 5.32 Å². The molecule has 1 fully saturated rings. The monoisotopic (exact) mass is 288 g/mol. The van der Waals surface area contributed by atoms with E-state index in [-0.39, 0.29) is 24.3 Å². The number of carbonyl (C=O) groups is 2. The van der Waals surface area contributed by atoms with E-state index in [1.54, 1.807) is 0 Å². The van der Waals surface area contributed by atoms with Crippen LogP contribution in [0.3, 0.4) is 0 Å². The van der Waals surface area contributed by atoms with Crippen molar-refractivity contribution in [3.63, 3.8) is 0 Å². The fourth-order valence-electron chi connectivity index (χ4n) is 1.69. The second-order valence-corrected chi connectivity index (χ2v) is 5.26. The molecule has 1 heterocycles. The summed E-state index contributed by atoms with van der Waals surface area (Å²) in [6.07, 6.45) is 0.861. The Bertz CT molecular complexity index is 315. The van der Waals surface area contributed by atoms with Gasteiger partial charge in [-0.2, -0.15) is 0 Å². The van der Waals surface area contributed by atoms with Crippen LogP contribution in [0, 0.1) is 5.92 Å². The van der Waals surface area contributed by atoms with Crippen LogP contribution in [-0.4, -0.2) is 35.8 Å². The van der Waals surface area contributed by atoms with Crippen molar-refractivity contribution in [1.29, 1.82) is 0 Å². The van der Waals surface area contributed by atoms with Crippen molar-refractivity contribution in [2.24, 2.45) is 5.92 Å². The first-order valence-electron chi connectivity index (χ1n) is 5.37. The number of carbonyl (C=O) groups excluding carboxylic acids is 2. The molecule has 1 aliphatic rings. The highest BCUT2D eigenvalue weighted by Crippen LogP contribution is 2.16. The molecule has 4 nitrogen and oxygen atoms in total. The summed E-state index contributed by atoms with van der Waals surface area (Å²) in [6.45, 7) is 8.17. The summed E-state index contributed by atoms with van der Waals surface area (Å²) in [4.78, 5) is 25.1. The molecule has 16 heavy (non-hydrogen) atoms. The van der Waals surface area contributed by atoms with E-state index in [2.05, 4.69) is 27.8 Å². The first kappa shape index (κ1) is 13.2. The smallest absolute Gasteiger partial charge is 0.246 e. The zero-order valence-corrected chi connectivity index (χ0v) is 11.2. The van der Waals surface area contributed by atoms with Gasteiger partial charge in [0, 0.05) is 4.48 Å². The van der Waals surface area contributed by atoms with Gasteiger partial charge in [-0.3, -0.25) is 9.59 Å². The van der Waals surface area contributed by atoms with Crippen LogP contribution >= 0.6 is 15.9 Å². The largest absolute Gasteiger partial charge is 0.342 e. The number of hydrogen-bond acceptors (Lipinski definition) is 2. The van der Waals surface area contributed by atoms with E-state index in [1.165, 1.54) is 4.90 Å². The van der Waals surface area contributed by atoms with E-state index >= 15 is 0 Å². The maximum atomic E-state index is 12.1. The van der Waals surface area contributed by atoms with Gasteiger partial charge in [-0.1, -0.05) is 42.8 Å². The topological polar surface area (TPSA) is 49.4 Å². The van der Waals surface area contributed by atoms with Gasteiger partial charge in [0.15, 0.2) is 0 Å². The Hall–Kier alpha value is -0.840. The van der Waals surface area contributed by atoms with E-state index in [4.69, 9.17) is 0 Å². The third kappa shape index (κ3) is 3.07. The zero-order chi connectivity index (χ0) is 12.3. The van der Waals surface area contributed by atoms with Crippen molar-refractivity contribution in [2.75, 3.05) is 13.1 Å². The minimum Gasteiger partial charge on any atom is -0.342 e. The lowest BCUT2D eigenvalue weighted by molar-refractivity contribution is -0.145. The molecule has 0 aromatic rings. The van der Waals surface area contributed by atoms with E-state index in [0.717, 1.165) is 6.42 Å². The molecule has 0 saturated carbocycles. The summed E-state index contributed by atoms with van der Waals surface area (Å²) in [6, 6.07) is -0.391. The van der Waals surface area contributed by atoms with Crippen molar-refractivity contribution >= 4 is 27.7 Å². The minimum absolute atomic E-state index is 0.0189. The Morgan fingerprint density at radius 3 is 2.81 bits per heavy atom. The van der Waals surface area contributed by atoms with Crippen molar-refractivity contribution in [2.45, 2.75) is 26.3 Å². The van der Waals surface area contributed by atoms with E-state index in [9.17, 15) is 9.59 Å². The summed E-state index contributed by atoms with van der Waals surface area (Å²) in [5, 5.41) is 2.74. The number of hydrogen-bond donors (Lipinski definition) is 1. The number of nitrogens with one attached hydrogen (secondary N) is 1. The molecular formula is C11H17BrN2O2. The summed E-state index contributed by atoms with van der Waals surface area (Å²) in [5.74, 6) is 0.0380. The maximum Gasteiger partial charge on any atom is 0.246 e. The fraction of sp³-hybridized carbons (Fsp3) is 0.636. The Kier molecular flexibility index (Phi) is 4.53. The van der Waals surface area contributed by atoms with Crippen molar-refractivity contribution < 1.29 is 9.59 Å². The zero-order valence-electron chi connectivity index (χ0n) is 9.62. The highest BCUT2D eigenvalue weighted by Gasteiger charge is 2.35. The van der Waals surface area contributed by atoms with Gasteiger partial charge < -0.3 is 10.2 Å². The van der Waals surface area contributed by atoms with Gasteiger partial charge in [0.2, 0.25) is 11.8 Å². The Morgan fingerprint density at radius 1 is 1.69 bits per heavy atom. The molecule has 1 rings (SSSR count). The third-order valence-corrected chi connectivity index (χ3v) is 3.05. The van der Waals surface area contributed by atoms with Gasteiger partial charge in [-0.25, -0.2) is 0 Å². The highest BCUT2D eigenvalue weighted by atomic mass is 79.9. The number of halogens is 1. The molecule has 2 unspecified atom stereocenters. The Labute approximate surface area is 104 Å². The summed E-state index contributed by atoms with van der Waals surface area (Å²) in [7, 11) is 0. The lowest BCUT2D eigenvalue weighted by Crippen LogP contribution is -2.60. The van der Waals surface area contributed by atoms with Gasteiger partial charge in [-0.15, -0.1) is 0 Å². The van der Waals surface area contributed by atoms with E-state index in [0.29, 0.717) is 11.0 Å². The molecule has 2 atom stereocenters. The second-order valence-electron chi connectivity index (χ2n) is 4.14. The summed E-state index contributed by atoms with van der Waals surface area (Å²) >= 11 is 3.21. The average Bonchev–Trinajstić information content (AvgIpc) is 2.21. The molecule has 5 heteroatoms. The van der Waals surface area contributed by atoms with E-state index in [1.807, 2.05) is 13.8 Å². The maximum absolute atomic E-state index is 12.1. The summed E-state index contributed by atoms with van der Waals surface area (Å²) in [5.41, 5.74) is 0. The summed E-state index contributed by atoms with van der Waals surface area (Å²) < 4.78 is 0.707. The predicted molar refractivity (Wildman–Crippen MR) is 66.0 cm³/mol. The minimum atomic E-state index is -0.391. The van der Waals surface area contributed by atoms with Crippen LogP contribution in [0.25, 0.3) is 0 Å². The van der Waals surface area contributed by atoms with E-state index < -0.39 is 6.04 Å². The van der Waals surface area contributed by atoms with Crippen molar-refractivity contribution in [1.82, 2.24) is 10.2 Å². The molecule has 0 bridgehead atoms. The SMILES string of the molecule is C=C(Br)CN1CC(=O)NC(C(C)CC)C1=O. The normalized spacial score (nSPS) is 22.9. The van der Waals surface area contributed by atoms with Crippen LogP contribution in [-0.2, 0) is 9.59 Å². The van der Waals surface area contributed by atoms with Crippen LogP contribution in [0.2, 0.25) is 0 Å². The number of nitrogens with zero attached hydrogens (tertiary/aromatic N) is 1. The predicted octanol–water partition coefficient (Wildman–Crippen LogP) is 1.27. The van der Waals surface area contributed by atoms with Gasteiger partial charge in [0.05, 0.1) is 13.1 Å². The Morgan fingerprint density at radius 2 is 2.31 bits per heavy atom. The molecule has 0 spiro atoms. The molecule has 2 amide bonds. The van der Waals surface area contributed by atoms with Crippen LogP contribution in [0.1, 0.15) is 20.3 Å². The number of amides is 2. The molecule has 0 aromatic heterocycles. The first-order chi connectivity index (χ1) is 7.45. The lowest BCUT2D eigenvalue weighted by Gasteiger charge is -2.35. The second kappa shape index (κ2) is 5.48. The average molecular weight is 289 g/mol. The highest BCUT2D eigenvalue weighted by molar-refractivity contribution is 9.11. The molecule has 0 radical (unpaired) electrons. The molecule has 90 valence electrons. The molecule has 0 aliphatic carbocycles. The Balaban J connectivity index is 2.77. The molecule has 1 aliphatic heterocycles. The third-order valence-electron chi connectivity index (χ3n) is 2.80. The van der Waals surface area contributed by atoms with Gasteiger partial charge in [-0.05, 0) is 5.92 Å². The van der Waals surface area contributed by atoms with Crippen molar-refractivity contribution in [3.05, 3.63) is 11.1 Å². The van der Waals surface area contributed by atoms with Crippen LogP contribution in [0.4, 0.5) is 0 Å². The standard InChI is InChI=1S/C11H17BrN2O2/c1-4-7(2)10-11(16)14(5-8(3)12)6-9(15)13-10/h7,10H,3-6H2,1-2H3,(H,13,15). The molecule has 1 N–H and O–H groups in total. The van der Waals surface area contributed by atoms with Gasteiger partial charge >= 0.3 is 0 Å². The van der Waals surface area contributed by atoms with Crippen molar-refractivity contribution in [3.8, 4) is 0 Å². The molecular weight excluding hydrogens is 272 g/mol. The number of piperazine rings is 1. The van der Waals surface area contributed by atoms with Gasteiger partial charge in [0.25, 0.3) is 0 Å². The quantitative estimate of drug-likeness (QED) is 0.847. The number of rotatable bonds is 4. The molecule has 0 aromatic carbocycles. The van der Waals surface area contributed by atoms with Crippen LogP contribution in [0.5, 0.6) is 0 Å².